The molecule has 0 saturated carbocycles. The van der Waals surface area contributed by atoms with E-state index in [1.54, 1.807) is 14.2 Å². The first kappa shape index (κ1) is 29.1. The second-order valence-corrected chi connectivity index (χ2v) is 11.0. The summed E-state index contributed by atoms with van der Waals surface area (Å²) in [5, 5.41) is 0. The number of methoxy groups -OCH3 is 2. The predicted molar refractivity (Wildman–Crippen MR) is 157 cm³/mol. The van der Waals surface area contributed by atoms with E-state index >= 15 is 0 Å². The third-order valence-corrected chi connectivity index (χ3v) is 8.28. The Kier molecular flexibility index (Phi) is 10.4. The minimum atomic E-state index is 0.00601. The number of ether oxygens (including phenoxy) is 3. The summed E-state index contributed by atoms with van der Waals surface area (Å²) in [6.07, 6.45) is 7.74. The van der Waals surface area contributed by atoms with Crippen molar-refractivity contribution in [2.45, 2.75) is 84.3 Å². The number of hydrogen-bond donors (Lipinski definition) is 0. The van der Waals surface area contributed by atoms with Crippen LogP contribution in [0.5, 0.6) is 17.2 Å². The third kappa shape index (κ3) is 7.18. The van der Waals surface area contributed by atoms with Crippen molar-refractivity contribution in [1.82, 2.24) is 9.80 Å². The average Bonchev–Trinajstić information content (AvgIpc) is 3.28. The van der Waals surface area contributed by atoms with E-state index in [1.807, 2.05) is 28.0 Å². The number of benzene rings is 2. The highest BCUT2D eigenvalue weighted by atomic mass is 16.5. The molecular formula is C32H47N3O4. The number of carbonyl (C=O) groups excluding carboxylic acids is 1. The van der Waals surface area contributed by atoms with Crippen LogP contribution in [-0.4, -0.2) is 68.4 Å². The fraction of sp³-hybridized carbons (Fsp3) is 0.594. The lowest BCUT2D eigenvalue weighted by atomic mass is 10.1. The number of amides is 2. The van der Waals surface area contributed by atoms with Crippen LogP contribution < -0.4 is 19.1 Å². The predicted octanol–water partition coefficient (Wildman–Crippen LogP) is 6.52. The molecule has 39 heavy (non-hydrogen) atoms. The van der Waals surface area contributed by atoms with Crippen LogP contribution in [0.2, 0.25) is 0 Å². The molecule has 0 aromatic heterocycles. The fourth-order valence-electron chi connectivity index (χ4n) is 5.88. The van der Waals surface area contributed by atoms with Gasteiger partial charge >= 0.3 is 6.03 Å². The summed E-state index contributed by atoms with van der Waals surface area (Å²) in [5.41, 5.74) is 3.15. The van der Waals surface area contributed by atoms with Gasteiger partial charge in [-0.1, -0.05) is 31.9 Å². The van der Waals surface area contributed by atoms with E-state index in [0.29, 0.717) is 43.3 Å². The van der Waals surface area contributed by atoms with Crippen molar-refractivity contribution in [2.24, 2.45) is 0 Å². The number of anilines is 1. The molecule has 2 atom stereocenters. The zero-order valence-corrected chi connectivity index (χ0v) is 24.6. The standard InChI is InChI=1S/C32H47N3O4/c1-6-7-8-20-39-31-22-28(14-15-29(31)37-4)35-18-9-17-33(32(35)36)23-27-13-12-26(21-30(27)38-5)16-19-34-24(2)10-11-25(34)3/h12-15,21-22,24-25H,6-11,16-20,23H2,1-5H3/t24-,25+. The van der Waals surface area contributed by atoms with Crippen LogP contribution in [0.25, 0.3) is 0 Å². The number of carbonyl (C=O) groups is 1. The normalized spacial score (nSPS) is 20.0. The van der Waals surface area contributed by atoms with Crippen molar-refractivity contribution >= 4 is 11.7 Å². The van der Waals surface area contributed by atoms with Gasteiger partial charge < -0.3 is 19.1 Å². The summed E-state index contributed by atoms with van der Waals surface area (Å²) in [5.74, 6) is 2.23. The Morgan fingerprint density at radius 3 is 2.38 bits per heavy atom. The maximum atomic E-state index is 13.6. The molecule has 0 aliphatic carbocycles. The van der Waals surface area contributed by atoms with Crippen molar-refractivity contribution in [1.29, 1.82) is 0 Å². The minimum Gasteiger partial charge on any atom is -0.496 e. The highest BCUT2D eigenvalue weighted by Gasteiger charge is 2.29. The summed E-state index contributed by atoms with van der Waals surface area (Å²) in [4.78, 5) is 20.0. The van der Waals surface area contributed by atoms with Gasteiger partial charge in [0.15, 0.2) is 11.5 Å². The first-order valence-corrected chi connectivity index (χ1v) is 14.7. The highest BCUT2D eigenvalue weighted by Crippen LogP contribution is 2.34. The van der Waals surface area contributed by atoms with Gasteiger partial charge in [-0.2, -0.15) is 0 Å². The van der Waals surface area contributed by atoms with Crippen molar-refractivity contribution in [3.63, 3.8) is 0 Å². The van der Waals surface area contributed by atoms with E-state index in [2.05, 4.69) is 43.9 Å². The first-order chi connectivity index (χ1) is 18.9. The van der Waals surface area contributed by atoms with Crippen LogP contribution in [0.3, 0.4) is 0 Å². The number of unbranched alkanes of at least 4 members (excludes halogenated alkanes) is 2. The van der Waals surface area contributed by atoms with Crippen molar-refractivity contribution < 1.29 is 19.0 Å². The summed E-state index contributed by atoms with van der Waals surface area (Å²) in [7, 11) is 3.37. The van der Waals surface area contributed by atoms with Crippen LogP contribution in [0.15, 0.2) is 36.4 Å². The lowest BCUT2D eigenvalue weighted by Gasteiger charge is -2.36. The number of rotatable bonds is 13. The Morgan fingerprint density at radius 1 is 0.897 bits per heavy atom. The molecule has 0 radical (unpaired) electrons. The van der Waals surface area contributed by atoms with Crippen LogP contribution in [0.1, 0.15) is 70.4 Å². The van der Waals surface area contributed by atoms with E-state index in [-0.39, 0.29) is 6.03 Å². The Hall–Kier alpha value is -2.93. The molecular weight excluding hydrogens is 490 g/mol. The molecule has 2 fully saturated rings. The molecule has 2 aliphatic rings. The van der Waals surface area contributed by atoms with Crippen molar-refractivity contribution in [3.05, 3.63) is 47.5 Å². The van der Waals surface area contributed by atoms with Gasteiger partial charge in [0.1, 0.15) is 5.75 Å². The van der Waals surface area contributed by atoms with Gasteiger partial charge in [0.05, 0.1) is 27.4 Å². The lowest BCUT2D eigenvalue weighted by molar-refractivity contribution is 0.191. The first-order valence-electron chi connectivity index (χ1n) is 14.7. The van der Waals surface area contributed by atoms with Crippen LogP contribution in [0, 0.1) is 0 Å². The van der Waals surface area contributed by atoms with E-state index in [4.69, 9.17) is 14.2 Å². The molecule has 0 spiro atoms. The topological polar surface area (TPSA) is 54.5 Å². The van der Waals surface area contributed by atoms with Gasteiger partial charge in [-0.15, -0.1) is 0 Å². The number of hydrogen-bond acceptors (Lipinski definition) is 5. The SMILES string of the molecule is CCCCCOc1cc(N2CCCN(Cc3ccc(CCN4[C@H](C)CC[C@@H]4C)cc3OC)C2=O)ccc1OC. The average molecular weight is 538 g/mol. The Balaban J connectivity index is 1.42. The third-order valence-electron chi connectivity index (χ3n) is 8.28. The van der Waals surface area contributed by atoms with Crippen LogP contribution in [-0.2, 0) is 13.0 Å². The fourth-order valence-corrected chi connectivity index (χ4v) is 5.88. The van der Waals surface area contributed by atoms with Gasteiger partial charge in [-0.25, -0.2) is 4.79 Å². The largest absolute Gasteiger partial charge is 0.496 e. The Morgan fingerprint density at radius 2 is 1.67 bits per heavy atom. The van der Waals surface area contributed by atoms with E-state index in [0.717, 1.165) is 62.2 Å². The monoisotopic (exact) mass is 537 g/mol. The summed E-state index contributed by atoms with van der Waals surface area (Å²) in [6.45, 7) is 10.5. The summed E-state index contributed by atoms with van der Waals surface area (Å²) < 4.78 is 17.3. The molecule has 2 aliphatic heterocycles. The van der Waals surface area contributed by atoms with Gasteiger partial charge in [0.25, 0.3) is 0 Å². The van der Waals surface area contributed by atoms with E-state index in [1.165, 1.54) is 18.4 Å². The molecule has 0 bridgehead atoms. The molecule has 2 saturated heterocycles. The number of likely N-dealkylation sites (tertiary alicyclic amines) is 1. The lowest BCUT2D eigenvalue weighted by Crippen LogP contribution is -2.49. The van der Waals surface area contributed by atoms with E-state index < -0.39 is 0 Å². The van der Waals surface area contributed by atoms with Crippen LogP contribution in [0.4, 0.5) is 10.5 Å². The quantitative estimate of drug-likeness (QED) is 0.272. The van der Waals surface area contributed by atoms with Crippen molar-refractivity contribution in [3.8, 4) is 17.2 Å². The second-order valence-electron chi connectivity index (χ2n) is 11.0. The minimum absolute atomic E-state index is 0.00601. The number of nitrogens with zero attached hydrogens (tertiary/aromatic N) is 3. The molecule has 214 valence electrons. The zero-order valence-electron chi connectivity index (χ0n) is 24.6. The molecule has 2 aromatic rings. The molecule has 2 heterocycles. The molecule has 7 nitrogen and oxygen atoms in total. The van der Waals surface area contributed by atoms with Gasteiger partial charge in [0.2, 0.25) is 0 Å². The van der Waals surface area contributed by atoms with E-state index in [9.17, 15) is 4.79 Å². The Bertz CT molecular complexity index is 1080. The highest BCUT2D eigenvalue weighted by molar-refractivity contribution is 5.93. The smallest absolute Gasteiger partial charge is 0.324 e. The molecule has 0 N–H and O–H groups in total. The van der Waals surface area contributed by atoms with Gasteiger partial charge in [0, 0.05) is 49.0 Å². The molecule has 4 rings (SSSR count). The summed E-state index contributed by atoms with van der Waals surface area (Å²) >= 11 is 0. The molecule has 0 unspecified atom stereocenters. The molecule has 2 aromatic carbocycles. The molecule has 2 amide bonds. The van der Waals surface area contributed by atoms with Gasteiger partial charge in [-0.05, 0) is 69.7 Å². The summed E-state index contributed by atoms with van der Waals surface area (Å²) in [6, 6.07) is 13.6. The second kappa shape index (κ2) is 13.9. The van der Waals surface area contributed by atoms with Gasteiger partial charge in [-0.3, -0.25) is 9.80 Å². The Labute approximate surface area is 235 Å². The maximum Gasteiger partial charge on any atom is 0.324 e. The number of urea groups is 1. The van der Waals surface area contributed by atoms with Crippen LogP contribution >= 0.6 is 0 Å². The molecule has 7 heteroatoms. The zero-order chi connectivity index (χ0) is 27.8. The maximum absolute atomic E-state index is 13.6. The van der Waals surface area contributed by atoms with Crippen molar-refractivity contribution in [2.75, 3.05) is 45.4 Å².